The number of carbonyl (C=O) groups excluding carboxylic acids is 1. The number of alkyl halides is 2. The molecule has 1 unspecified atom stereocenters. The summed E-state index contributed by atoms with van der Waals surface area (Å²) in [6, 6.07) is 5.18. The van der Waals surface area contributed by atoms with Crippen LogP contribution in [0.15, 0.2) is 24.3 Å². The van der Waals surface area contributed by atoms with Crippen molar-refractivity contribution in [1.82, 2.24) is 20.2 Å². The molecule has 7 nitrogen and oxygen atoms in total. The van der Waals surface area contributed by atoms with Gasteiger partial charge >= 0.3 is 18.5 Å². The highest BCUT2D eigenvalue weighted by Crippen LogP contribution is 2.26. The lowest BCUT2D eigenvalue weighted by Crippen LogP contribution is -2.38. The molecule has 0 spiro atoms. The number of benzene rings is 1. The lowest BCUT2D eigenvalue weighted by atomic mass is 10.3. The van der Waals surface area contributed by atoms with Crippen LogP contribution in [0, 0.1) is 0 Å². The number of hydrogen-bond donors (Lipinski definition) is 3. The Morgan fingerprint density at radius 1 is 1.33 bits per heavy atom. The number of para-hydroxylation sites is 2. The lowest BCUT2D eigenvalue weighted by Gasteiger charge is -2.16. The highest BCUT2D eigenvalue weighted by Gasteiger charge is 2.22. The fourth-order valence-corrected chi connectivity index (χ4v) is 2.33. The van der Waals surface area contributed by atoms with Crippen LogP contribution in [0.4, 0.5) is 13.6 Å². The molecule has 1 heterocycles. The molecule has 0 aliphatic heterocycles. The Bertz CT molecular complexity index is 733. The summed E-state index contributed by atoms with van der Waals surface area (Å²) in [6.07, 6.45) is 0.226. The molecule has 24 heavy (non-hydrogen) atoms. The highest BCUT2D eigenvalue weighted by molar-refractivity contribution is 5.77. The molecule has 0 aliphatic rings. The third-order valence-electron chi connectivity index (χ3n) is 3.41. The number of nitrogens with zero attached hydrogens (tertiary/aromatic N) is 2. The Hall–Kier alpha value is -2.71. The molecule has 2 amide bonds. The molecule has 9 heteroatoms. The minimum Gasteiger partial charge on any atom is -0.481 e. The summed E-state index contributed by atoms with van der Waals surface area (Å²) in [6.45, 7) is -1.05. The van der Waals surface area contributed by atoms with Crippen molar-refractivity contribution in [2.24, 2.45) is 0 Å². The van der Waals surface area contributed by atoms with E-state index in [9.17, 15) is 18.4 Å². The van der Waals surface area contributed by atoms with Crippen LogP contribution in [0.2, 0.25) is 0 Å². The molecule has 3 N–H and O–H groups in total. The molecule has 0 aliphatic carbocycles. The number of rotatable bonds is 7. The van der Waals surface area contributed by atoms with E-state index in [4.69, 9.17) is 5.11 Å². The number of aliphatic carboxylic acids is 1. The molecular weight excluding hydrogens is 322 g/mol. The van der Waals surface area contributed by atoms with Crippen LogP contribution in [0.25, 0.3) is 11.0 Å². The van der Waals surface area contributed by atoms with Crippen molar-refractivity contribution in [2.45, 2.75) is 32.4 Å². The Morgan fingerprint density at radius 3 is 2.71 bits per heavy atom. The maximum atomic E-state index is 13.4. The van der Waals surface area contributed by atoms with Gasteiger partial charge in [-0.05, 0) is 25.5 Å². The van der Waals surface area contributed by atoms with Crippen molar-refractivity contribution in [2.75, 3.05) is 6.54 Å². The largest absolute Gasteiger partial charge is 0.481 e. The summed E-state index contributed by atoms with van der Waals surface area (Å²) in [5.74, 6) is -0.900. The van der Waals surface area contributed by atoms with Crippen LogP contribution in [0.1, 0.15) is 38.2 Å². The van der Waals surface area contributed by atoms with Gasteiger partial charge < -0.3 is 15.7 Å². The Labute approximate surface area is 136 Å². The fraction of sp³-hybridized carbons (Fsp3) is 0.400. The highest BCUT2D eigenvalue weighted by atomic mass is 19.3. The monoisotopic (exact) mass is 340 g/mol. The second kappa shape index (κ2) is 7.71. The molecule has 2 aromatic rings. The zero-order valence-electron chi connectivity index (χ0n) is 13.0. The van der Waals surface area contributed by atoms with Gasteiger partial charge in [-0.2, -0.15) is 8.78 Å². The summed E-state index contributed by atoms with van der Waals surface area (Å²) in [5, 5.41) is 13.5. The number of halogens is 2. The number of carboxylic acid groups (broad SMARTS) is 1. The molecule has 1 atom stereocenters. The van der Waals surface area contributed by atoms with Crippen molar-refractivity contribution in [3.05, 3.63) is 30.1 Å². The summed E-state index contributed by atoms with van der Waals surface area (Å²) < 4.78 is 27.5. The number of hydrogen-bond acceptors (Lipinski definition) is 3. The first-order valence-electron chi connectivity index (χ1n) is 7.41. The van der Waals surface area contributed by atoms with Gasteiger partial charge in [0.05, 0.1) is 17.1 Å². The van der Waals surface area contributed by atoms with Crippen LogP contribution in [0.3, 0.4) is 0 Å². The number of fused-ring (bicyclic) bond motifs is 1. The molecule has 1 aromatic carbocycles. The van der Waals surface area contributed by atoms with Gasteiger partial charge in [-0.25, -0.2) is 9.78 Å². The van der Waals surface area contributed by atoms with Gasteiger partial charge in [0.1, 0.15) is 5.82 Å². The van der Waals surface area contributed by atoms with Crippen LogP contribution < -0.4 is 10.6 Å². The zero-order chi connectivity index (χ0) is 17.7. The maximum Gasteiger partial charge on any atom is 0.320 e. The number of imidazole rings is 1. The molecule has 0 bridgehead atoms. The number of aromatic nitrogens is 2. The number of nitrogens with one attached hydrogen (secondary N) is 2. The van der Waals surface area contributed by atoms with Crippen LogP contribution in [-0.2, 0) is 4.79 Å². The standard InChI is InChI=1S/C15H18F2N4O3/c1-9(19-15(24)18-8-4-7-12(22)23)13-20-10-5-2-3-6-11(10)21(13)14(16)17/h2-3,5-6,9,14H,4,7-8H2,1H3,(H,22,23)(H2,18,19,24). The average Bonchev–Trinajstić information content (AvgIpc) is 2.91. The predicted molar refractivity (Wildman–Crippen MR) is 82.8 cm³/mol. The summed E-state index contributed by atoms with van der Waals surface area (Å²) >= 11 is 0. The van der Waals surface area contributed by atoms with Crippen molar-refractivity contribution < 1.29 is 23.5 Å². The van der Waals surface area contributed by atoms with E-state index in [1.54, 1.807) is 25.1 Å². The fourth-order valence-electron chi connectivity index (χ4n) is 2.33. The molecule has 0 radical (unpaired) electrons. The number of carboxylic acids is 1. The molecule has 0 saturated heterocycles. The van der Waals surface area contributed by atoms with Gasteiger partial charge in [0.15, 0.2) is 0 Å². The van der Waals surface area contributed by atoms with E-state index in [1.165, 1.54) is 6.07 Å². The van der Waals surface area contributed by atoms with Crippen molar-refractivity contribution in [1.29, 1.82) is 0 Å². The van der Waals surface area contributed by atoms with Crippen molar-refractivity contribution in [3.8, 4) is 0 Å². The smallest absolute Gasteiger partial charge is 0.320 e. The van der Waals surface area contributed by atoms with Gasteiger partial charge in [0.2, 0.25) is 0 Å². The Balaban J connectivity index is 2.05. The Morgan fingerprint density at radius 2 is 2.04 bits per heavy atom. The molecule has 1 aromatic heterocycles. The van der Waals surface area contributed by atoms with Crippen LogP contribution >= 0.6 is 0 Å². The first-order chi connectivity index (χ1) is 11.4. The number of carbonyl (C=O) groups is 2. The molecule has 0 saturated carbocycles. The van der Waals surface area contributed by atoms with Gasteiger partial charge in [-0.1, -0.05) is 12.1 Å². The second-order valence-corrected chi connectivity index (χ2v) is 5.23. The van der Waals surface area contributed by atoms with Crippen LogP contribution in [0.5, 0.6) is 0 Å². The number of urea groups is 1. The van der Waals surface area contributed by atoms with Gasteiger partial charge in [-0.15, -0.1) is 0 Å². The zero-order valence-corrected chi connectivity index (χ0v) is 13.0. The first kappa shape index (κ1) is 17.6. The summed E-state index contributed by atoms with van der Waals surface area (Å²) in [4.78, 5) is 26.3. The summed E-state index contributed by atoms with van der Waals surface area (Å²) in [5.41, 5.74) is 0.710. The van der Waals surface area contributed by atoms with Crippen molar-refractivity contribution in [3.63, 3.8) is 0 Å². The normalized spacial score (nSPS) is 12.3. The number of amides is 2. The van der Waals surface area contributed by atoms with Crippen LogP contribution in [-0.4, -0.2) is 33.2 Å². The molecule has 2 rings (SSSR count). The van der Waals surface area contributed by atoms with E-state index in [0.717, 1.165) is 4.57 Å². The molecular formula is C15H18F2N4O3. The van der Waals surface area contributed by atoms with E-state index in [0.29, 0.717) is 5.52 Å². The van der Waals surface area contributed by atoms with E-state index in [-0.39, 0.29) is 30.7 Å². The topological polar surface area (TPSA) is 96.2 Å². The van der Waals surface area contributed by atoms with E-state index < -0.39 is 24.6 Å². The third kappa shape index (κ3) is 4.18. The minimum atomic E-state index is -2.78. The van der Waals surface area contributed by atoms with E-state index in [1.807, 2.05) is 0 Å². The third-order valence-corrected chi connectivity index (χ3v) is 3.41. The first-order valence-corrected chi connectivity index (χ1v) is 7.41. The predicted octanol–water partition coefficient (Wildman–Crippen LogP) is 2.66. The van der Waals surface area contributed by atoms with Gasteiger partial charge in [-0.3, -0.25) is 9.36 Å². The maximum absolute atomic E-state index is 13.4. The SMILES string of the molecule is CC(NC(=O)NCCCC(=O)O)c1nc2ccccc2n1C(F)F. The second-order valence-electron chi connectivity index (χ2n) is 5.23. The van der Waals surface area contributed by atoms with Crippen molar-refractivity contribution >= 4 is 23.0 Å². The van der Waals surface area contributed by atoms with Gasteiger partial charge in [0, 0.05) is 13.0 Å². The lowest BCUT2D eigenvalue weighted by molar-refractivity contribution is -0.137. The van der Waals surface area contributed by atoms with E-state index >= 15 is 0 Å². The summed E-state index contributed by atoms with van der Waals surface area (Å²) in [7, 11) is 0. The molecule has 0 fully saturated rings. The molecule has 130 valence electrons. The minimum absolute atomic E-state index is 0.0480. The van der Waals surface area contributed by atoms with Gasteiger partial charge in [0.25, 0.3) is 0 Å². The Kier molecular flexibility index (Phi) is 5.67. The average molecular weight is 340 g/mol. The quantitative estimate of drug-likeness (QED) is 0.675. The van der Waals surface area contributed by atoms with E-state index in [2.05, 4.69) is 15.6 Å².